The van der Waals surface area contributed by atoms with Crippen LogP contribution in [0, 0.1) is 20.8 Å². The smallest absolute Gasteiger partial charge is 0.0305 e. The molecule has 0 unspecified atom stereocenters. The highest BCUT2D eigenvalue weighted by Gasteiger charge is 2.04. The van der Waals surface area contributed by atoms with Crippen LogP contribution in [-0.2, 0) is 0 Å². The quantitative estimate of drug-likeness (QED) is 0.603. The number of hydrogen-bond acceptors (Lipinski definition) is 1. The molecule has 64 valence electrons. The molecule has 0 nitrogen and oxygen atoms in total. The molecule has 0 radical (unpaired) electrons. The lowest BCUT2D eigenvalue weighted by atomic mass is 10.1. The standard InChI is InChI=1S/C11H14S/c1-5-6-7-11-9(3)8(2)10(4)12-11/h5-7H,1H2,2-4H3. The molecule has 0 aliphatic rings. The van der Waals surface area contributed by atoms with E-state index >= 15 is 0 Å². The van der Waals surface area contributed by atoms with Gasteiger partial charge in [0.1, 0.15) is 0 Å². The van der Waals surface area contributed by atoms with E-state index in [9.17, 15) is 0 Å². The molecule has 12 heavy (non-hydrogen) atoms. The molecule has 0 spiro atoms. The van der Waals surface area contributed by atoms with Crippen LogP contribution in [0.4, 0.5) is 0 Å². The van der Waals surface area contributed by atoms with E-state index in [1.54, 1.807) is 0 Å². The predicted octanol–water partition coefficient (Wildman–Crippen LogP) is 3.87. The van der Waals surface area contributed by atoms with Crippen molar-refractivity contribution in [3.63, 3.8) is 0 Å². The van der Waals surface area contributed by atoms with Crippen molar-refractivity contribution in [1.29, 1.82) is 0 Å². The van der Waals surface area contributed by atoms with Gasteiger partial charge in [-0.2, -0.15) is 0 Å². The van der Waals surface area contributed by atoms with Gasteiger partial charge in [-0.25, -0.2) is 0 Å². The fourth-order valence-corrected chi connectivity index (χ4v) is 2.17. The highest BCUT2D eigenvalue weighted by molar-refractivity contribution is 7.13. The number of rotatable bonds is 2. The molecule has 0 bridgehead atoms. The van der Waals surface area contributed by atoms with Crippen LogP contribution in [0.5, 0.6) is 0 Å². The first-order valence-corrected chi connectivity index (χ1v) is 4.84. The monoisotopic (exact) mass is 178 g/mol. The lowest BCUT2D eigenvalue weighted by molar-refractivity contribution is 1.34. The Balaban J connectivity index is 3.09. The summed E-state index contributed by atoms with van der Waals surface area (Å²) in [5, 5.41) is 0. The van der Waals surface area contributed by atoms with Crippen LogP contribution in [0.3, 0.4) is 0 Å². The van der Waals surface area contributed by atoms with E-state index in [-0.39, 0.29) is 0 Å². The van der Waals surface area contributed by atoms with Gasteiger partial charge in [-0.05, 0) is 38.0 Å². The molecule has 0 N–H and O–H groups in total. The summed E-state index contributed by atoms with van der Waals surface area (Å²) >= 11 is 1.85. The molecule has 0 saturated carbocycles. The molecule has 0 amide bonds. The van der Waals surface area contributed by atoms with Gasteiger partial charge in [0.25, 0.3) is 0 Å². The number of aryl methyl sites for hydroxylation is 1. The van der Waals surface area contributed by atoms with Crippen molar-refractivity contribution >= 4 is 17.4 Å². The van der Waals surface area contributed by atoms with Crippen LogP contribution >= 0.6 is 11.3 Å². The minimum Gasteiger partial charge on any atom is -0.141 e. The molecule has 0 aliphatic heterocycles. The second-order valence-electron chi connectivity index (χ2n) is 2.87. The molecule has 0 fully saturated rings. The second-order valence-corrected chi connectivity index (χ2v) is 4.12. The second kappa shape index (κ2) is 3.72. The van der Waals surface area contributed by atoms with Crippen LogP contribution in [0.1, 0.15) is 20.9 Å². The van der Waals surface area contributed by atoms with Crippen LogP contribution in [0.2, 0.25) is 0 Å². The van der Waals surface area contributed by atoms with E-state index in [4.69, 9.17) is 0 Å². The van der Waals surface area contributed by atoms with Crippen molar-refractivity contribution in [2.45, 2.75) is 20.8 Å². The van der Waals surface area contributed by atoms with E-state index < -0.39 is 0 Å². The van der Waals surface area contributed by atoms with Crippen molar-refractivity contribution in [2.75, 3.05) is 0 Å². The Labute approximate surface area is 78.2 Å². The summed E-state index contributed by atoms with van der Waals surface area (Å²) in [5.74, 6) is 0. The minimum atomic E-state index is 1.35. The largest absolute Gasteiger partial charge is 0.141 e. The Morgan fingerprint density at radius 2 is 1.83 bits per heavy atom. The summed E-state index contributed by atoms with van der Waals surface area (Å²) in [5.41, 5.74) is 2.82. The van der Waals surface area contributed by atoms with Crippen molar-refractivity contribution in [1.82, 2.24) is 0 Å². The molecule has 1 aromatic rings. The molecule has 0 atom stereocenters. The van der Waals surface area contributed by atoms with Gasteiger partial charge >= 0.3 is 0 Å². The van der Waals surface area contributed by atoms with Crippen LogP contribution in [0.25, 0.3) is 6.08 Å². The molecular formula is C11H14S. The molecule has 0 aliphatic carbocycles. The average Bonchev–Trinajstić information content (AvgIpc) is 2.30. The molecule has 1 heterocycles. The first kappa shape index (κ1) is 9.27. The molecule has 1 aromatic heterocycles. The van der Waals surface area contributed by atoms with E-state index in [1.807, 2.05) is 23.5 Å². The van der Waals surface area contributed by atoms with E-state index in [2.05, 4.69) is 33.4 Å². The van der Waals surface area contributed by atoms with Crippen LogP contribution in [-0.4, -0.2) is 0 Å². The van der Waals surface area contributed by atoms with E-state index in [0.29, 0.717) is 0 Å². The Morgan fingerprint density at radius 3 is 2.25 bits per heavy atom. The number of hydrogen-bond donors (Lipinski definition) is 0. The van der Waals surface area contributed by atoms with Gasteiger partial charge in [0, 0.05) is 9.75 Å². The van der Waals surface area contributed by atoms with Gasteiger partial charge in [0.15, 0.2) is 0 Å². The van der Waals surface area contributed by atoms with Crippen molar-refractivity contribution in [2.24, 2.45) is 0 Å². The highest BCUT2D eigenvalue weighted by Crippen LogP contribution is 2.27. The first-order chi connectivity index (χ1) is 5.66. The van der Waals surface area contributed by atoms with Gasteiger partial charge in [-0.15, -0.1) is 11.3 Å². The van der Waals surface area contributed by atoms with Gasteiger partial charge in [0.05, 0.1) is 0 Å². The third kappa shape index (κ3) is 1.67. The highest BCUT2D eigenvalue weighted by atomic mass is 32.1. The van der Waals surface area contributed by atoms with Crippen molar-refractivity contribution in [3.05, 3.63) is 39.6 Å². The zero-order chi connectivity index (χ0) is 9.14. The topological polar surface area (TPSA) is 0 Å². The molecule has 0 saturated heterocycles. The summed E-state index contributed by atoms with van der Waals surface area (Å²) in [4.78, 5) is 2.76. The molecular weight excluding hydrogens is 164 g/mol. The summed E-state index contributed by atoms with van der Waals surface area (Å²) < 4.78 is 0. The zero-order valence-electron chi connectivity index (χ0n) is 7.85. The molecule has 1 heteroatoms. The number of allylic oxidation sites excluding steroid dienone is 2. The fraction of sp³-hybridized carbons (Fsp3) is 0.273. The lowest BCUT2D eigenvalue weighted by Crippen LogP contribution is -1.74. The third-order valence-corrected chi connectivity index (χ3v) is 3.38. The first-order valence-electron chi connectivity index (χ1n) is 4.02. The zero-order valence-corrected chi connectivity index (χ0v) is 8.66. The van der Waals surface area contributed by atoms with Crippen LogP contribution < -0.4 is 0 Å². The van der Waals surface area contributed by atoms with Gasteiger partial charge < -0.3 is 0 Å². The van der Waals surface area contributed by atoms with E-state index in [0.717, 1.165) is 0 Å². The maximum atomic E-state index is 3.65. The van der Waals surface area contributed by atoms with E-state index in [1.165, 1.54) is 20.9 Å². The summed E-state index contributed by atoms with van der Waals surface area (Å²) in [6.45, 7) is 10.2. The summed E-state index contributed by atoms with van der Waals surface area (Å²) in [7, 11) is 0. The minimum absolute atomic E-state index is 1.35. The van der Waals surface area contributed by atoms with Gasteiger partial charge in [0.2, 0.25) is 0 Å². The Kier molecular flexibility index (Phi) is 2.88. The van der Waals surface area contributed by atoms with Crippen molar-refractivity contribution < 1.29 is 0 Å². The maximum absolute atomic E-state index is 3.65. The van der Waals surface area contributed by atoms with Gasteiger partial charge in [-0.1, -0.05) is 18.7 Å². The third-order valence-electron chi connectivity index (χ3n) is 2.11. The number of thiophene rings is 1. The van der Waals surface area contributed by atoms with Crippen LogP contribution in [0.15, 0.2) is 18.7 Å². The summed E-state index contributed by atoms with van der Waals surface area (Å²) in [6.07, 6.45) is 5.91. The Hall–Kier alpha value is -0.820. The SMILES string of the molecule is C=CC=Cc1sc(C)c(C)c1C. The fourth-order valence-electron chi connectivity index (χ4n) is 1.08. The van der Waals surface area contributed by atoms with Gasteiger partial charge in [-0.3, -0.25) is 0 Å². The molecule has 0 aromatic carbocycles. The Morgan fingerprint density at radius 1 is 1.17 bits per heavy atom. The average molecular weight is 178 g/mol. The maximum Gasteiger partial charge on any atom is 0.0305 e. The van der Waals surface area contributed by atoms with Crippen molar-refractivity contribution in [3.8, 4) is 0 Å². The molecule has 1 rings (SSSR count). The lowest BCUT2D eigenvalue weighted by Gasteiger charge is -1.90. The summed E-state index contributed by atoms with van der Waals surface area (Å²) in [6, 6.07) is 0. The predicted molar refractivity (Wildman–Crippen MR) is 57.8 cm³/mol. The Bertz CT molecular complexity index is 316. The normalized spacial score (nSPS) is 10.9.